The number of Topliss-reactive ketones (excluding diaryl/α,β-unsaturated/α-hetero) is 1. The van der Waals surface area contributed by atoms with Crippen LogP contribution in [0.15, 0.2) is 48.8 Å². The molecule has 0 saturated heterocycles. The molecule has 3 nitrogen and oxygen atoms in total. The molecule has 2 rings (SSSR count). The molecule has 0 bridgehead atoms. The van der Waals surface area contributed by atoms with Gasteiger partial charge in [0.2, 0.25) is 5.78 Å². The van der Waals surface area contributed by atoms with Crippen molar-refractivity contribution in [2.75, 3.05) is 7.11 Å². The van der Waals surface area contributed by atoms with Gasteiger partial charge in [0, 0.05) is 12.4 Å². The molecule has 0 fully saturated rings. The molecule has 0 aliphatic rings. The van der Waals surface area contributed by atoms with E-state index in [4.69, 9.17) is 4.74 Å². The predicted octanol–water partition coefficient (Wildman–Crippen LogP) is 3.55. The molecule has 1 aromatic heterocycles. The number of aromatic nitrogens is 1. The fourth-order valence-electron chi connectivity index (χ4n) is 2.17. The number of rotatable bonds is 5. The minimum atomic E-state index is -4.89. The van der Waals surface area contributed by atoms with Crippen molar-refractivity contribution >= 4 is 5.78 Å². The van der Waals surface area contributed by atoms with Crippen molar-refractivity contribution in [1.29, 1.82) is 0 Å². The molecule has 0 aliphatic heterocycles. The van der Waals surface area contributed by atoms with E-state index in [1.165, 1.54) is 31.6 Å². The highest BCUT2D eigenvalue weighted by Gasteiger charge is 2.43. The van der Waals surface area contributed by atoms with Crippen LogP contribution in [0.4, 0.5) is 13.2 Å². The highest BCUT2D eigenvalue weighted by molar-refractivity contribution is 5.90. The van der Waals surface area contributed by atoms with Gasteiger partial charge in [0.15, 0.2) is 0 Å². The first-order chi connectivity index (χ1) is 10.4. The van der Waals surface area contributed by atoms with Crippen molar-refractivity contribution in [3.8, 4) is 5.75 Å². The summed E-state index contributed by atoms with van der Waals surface area (Å²) in [5.74, 6) is -2.66. The Kier molecular flexibility index (Phi) is 4.80. The Morgan fingerprint density at radius 1 is 1.23 bits per heavy atom. The summed E-state index contributed by atoms with van der Waals surface area (Å²) < 4.78 is 43.6. The maximum absolute atomic E-state index is 12.9. The lowest BCUT2D eigenvalue weighted by molar-refractivity contribution is -0.172. The zero-order chi connectivity index (χ0) is 16.2. The third-order valence-corrected chi connectivity index (χ3v) is 3.28. The van der Waals surface area contributed by atoms with E-state index in [2.05, 4.69) is 4.98 Å². The Balaban J connectivity index is 2.38. The van der Waals surface area contributed by atoms with Crippen LogP contribution in [0.1, 0.15) is 17.0 Å². The lowest BCUT2D eigenvalue weighted by Gasteiger charge is -2.18. The molecule has 1 unspecified atom stereocenters. The van der Waals surface area contributed by atoms with E-state index >= 15 is 0 Å². The normalized spacial score (nSPS) is 12.7. The van der Waals surface area contributed by atoms with Crippen LogP contribution >= 0.6 is 0 Å². The van der Waals surface area contributed by atoms with Gasteiger partial charge in [-0.1, -0.05) is 12.1 Å². The van der Waals surface area contributed by atoms with Gasteiger partial charge in [0.05, 0.1) is 13.0 Å². The van der Waals surface area contributed by atoms with Crippen LogP contribution in [-0.4, -0.2) is 24.1 Å². The summed E-state index contributed by atoms with van der Waals surface area (Å²) in [6.45, 7) is 0. The van der Waals surface area contributed by atoms with Crippen molar-refractivity contribution in [2.45, 2.75) is 18.5 Å². The van der Waals surface area contributed by atoms with E-state index in [1.54, 1.807) is 24.3 Å². The molecule has 0 N–H and O–H groups in total. The summed E-state index contributed by atoms with van der Waals surface area (Å²) in [5.41, 5.74) is 0.888. The maximum atomic E-state index is 12.9. The largest absolute Gasteiger partial charge is 0.497 e. The molecular weight excluding hydrogens is 295 g/mol. The molecule has 2 aromatic rings. The van der Waals surface area contributed by atoms with Gasteiger partial charge < -0.3 is 4.74 Å². The summed E-state index contributed by atoms with van der Waals surface area (Å²) in [7, 11) is 1.42. The number of hydrogen-bond donors (Lipinski definition) is 0. The molecule has 116 valence electrons. The van der Waals surface area contributed by atoms with Crippen molar-refractivity contribution in [3.05, 3.63) is 59.9 Å². The second-order valence-corrected chi connectivity index (χ2v) is 4.75. The van der Waals surface area contributed by atoms with Gasteiger partial charge in [0.1, 0.15) is 5.75 Å². The van der Waals surface area contributed by atoms with Gasteiger partial charge in [-0.3, -0.25) is 9.78 Å². The number of hydrogen-bond acceptors (Lipinski definition) is 3. The SMILES string of the molecule is COc1cccc(C(Cc2ccncc2)C(=O)C(F)(F)F)c1. The zero-order valence-corrected chi connectivity index (χ0v) is 11.8. The Labute approximate surface area is 125 Å². The quantitative estimate of drug-likeness (QED) is 0.848. The third kappa shape index (κ3) is 3.84. The number of nitrogens with zero attached hydrogens (tertiary/aromatic N) is 1. The Hall–Kier alpha value is -2.37. The van der Waals surface area contributed by atoms with E-state index in [9.17, 15) is 18.0 Å². The van der Waals surface area contributed by atoms with Gasteiger partial charge in [-0.25, -0.2) is 0 Å². The Morgan fingerprint density at radius 3 is 2.50 bits per heavy atom. The number of carbonyl (C=O) groups excluding carboxylic acids is 1. The maximum Gasteiger partial charge on any atom is 0.450 e. The monoisotopic (exact) mass is 309 g/mol. The first kappa shape index (κ1) is 16.0. The number of carbonyl (C=O) groups is 1. The Morgan fingerprint density at radius 2 is 1.91 bits per heavy atom. The first-order valence-corrected chi connectivity index (χ1v) is 6.55. The number of halogens is 3. The zero-order valence-electron chi connectivity index (χ0n) is 11.8. The van der Waals surface area contributed by atoms with Crippen LogP contribution in [0.5, 0.6) is 5.75 Å². The van der Waals surface area contributed by atoms with E-state index in [0.29, 0.717) is 11.3 Å². The number of methoxy groups -OCH3 is 1. The van der Waals surface area contributed by atoms with Crippen LogP contribution in [0.25, 0.3) is 0 Å². The number of ketones is 1. The first-order valence-electron chi connectivity index (χ1n) is 6.55. The fraction of sp³-hybridized carbons (Fsp3) is 0.250. The predicted molar refractivity (Wildman–Crippen MR) is 74.7 cm³/mol. The summed E-state index contributed by atoms with van der Waals surface area (Å²) in [4.78, 5) is 15.6. The molecule has 0 radical (unpaired) electrons. The number of ether oxygens (including phenoxy) is 1. The van der Waals surface area contributed by atoms with Crippen LogP contribution in [0, 0.1) is 0 Å². The number of pyridine rings is 1. The summed E-state index contributed by atoms with van der Waals surface area (Å²) in [5, 5.41) is 0. The van der Waals surface area contributed by atoms with E-state index in [-0.39, 0.29) is 12.0 Å². The van der Waals surface area contributed by atoms with Gasteiger partial charge in [-0.15, -0.1) is 0 Å². The molecule has 0 spiro atoms. The second-order valence-electron chi connectivity index (χ2n) is 4.75. The molecule has 0 saturated carbocycles. The third-order valence-electron chi connectivity index (χ3n) is 3.28. The average molecular weight is 309 g/mol. The van der Waals surface area contributed by atoms with Gasteiger partial charge in [-0.2, -0.15) is 13.2 Å². The van der Waals surface area contributed by atoms with Gasteiger partial charge >= 0.3 is 6.18 Å². The molecule has 1 atom stereocenters. The Bertz CT molecular complexity index is 641. The summed E-state index contributed by atoms with van der Waals surface area (Å²) in [6, 6.07) is 9.32. The molecular formula is C16H14F3NO2. The smallest absolute Gasteiger partial charge is 0.450 e. The van der Waals surface area contributed by atoms with Crippen LogP contribution in [0.3, 0.4) is 0 Å². The molecule has 0 aliphatic carbocycles. The van der Waals surface area contributed by atoms with E-state index in [1.807, 2.05) is 0 Å². The van der Waals surface area contributed by atoms with Crippen molar-refractivity contribution in [1.82, 2.24) is 4.98 Å². The van der Waals surface area contributed by atoms with Crippen molar-refractivity contribution in [3.63, 3.8) is 0 Å². The molecule has 1 heterocycles. The minimum Gasteiger partial charge on any atom is -0.497 e. The molecule has 6 heteroatoms. The fourth-order valence-corrected chi connectivity index (χ4v) is 2.17. The van der Waals surface area contributed by atoms with Crippen LogP contribution in [-0.2, 0) is 11.2 Å². The number of alkyl halides is 3. The topological polar surface area (TPSA) is 39.2 Å². The van der Waals surface area contributed by atoms with Crippen molar-refractivity contribution in [2.24, 2.45) is 0 Å². The highest BCUT2D eigenvalue weighted by Crippen LogP contribution is 2.31. The van der Waals surface area contributed by atoms with Crippen LogP contribution < -0.4 is 4.74 Å². The molecule has 0 amide bonds. The van der Waals surface area contributed by atoms with Crippen LogP contribution in [0.2, 0.25) is 0 Å². The van der Waals surface area contributed by atoms with E-state index < -0.39 is 17.9 Å². The van der Waals surface area contributed by atoms with E-state index in [0.717, 1.165) is 0 Å². The van der Waals surface area contributed by atoms with Gasteiger partial charge in [0.25, 0.3) is 0 Å². The molecule has 1 aromatic carbocycles. The molecule has 22 heavy (non-hydrogen) atoms. The summed E-state index contributed by atoms with van der Waals surface area (Å²) >= 11 is 0. The minimum absolute atomic E-state index is 0.0476. The number of benzene rings is 1. The average Bonchev–Trinajstić information content (AvgIpc) is 2.52. The standard InChI is InChI=1S/C16H14F3NO2/c1-22-13-4-2-3-12(10-13)14(15(21)16(17,18)19)9-11-5-7-20-8-6-11/h2-8,10,14H,9H2,1H3. The van der Waals surface area contributed by atoms with Gasteiger partial charge in [-0.05, 0) is 41.8 Å². The summed E-state index contributed by atoms with van der Waals surface area (Å²) in [6.07, 6.45) is -1.97. The second kappa shape index (κ2) is 6.60. The van der Waals surface area contributed by atoms with Crippen molar-refractivity contribution < 1.29 is 22.7 Å². The lowest BCUT2D eigenvalue weighted by Crippen LogP contribution is -2.30. The highest BCUT2D eigenvalue weighted by atomic mass is 19.4. The lowest BCUT2D eigenvalue weighted by atomic mass is 9.88.